The molecule has 1 heterocycles. The number of ether oxygens (including phenoxy) is 1. The smallest absolute Gasteiger partial charge is 0.182 e. The molecule has 0 aromatic heterocycles. The highest BCUT2D eigenvalue weighted by Crippen LogP contribution is 2.43. The van der Waals surface area contributed by atoms with Gasteiger partial charge in [-0.3, -0.25) is 0 Å². The van der Waals surface area contributed by atoms with E-state index in [-0.39, 0.29) is 28.0 Å². The van der Waals surface area contributed by atoms with Gasteiger partial charge >= 0.3 is 0 Å². The summed E-state index contributed by atoms with van der Waals surface area (Å²) in [6.07, 6.45) is 6.15. The normalized spacial score (nSPS) is 24.7. The van der Waals surface area contributed by atoms with E-state index in [4.69, 9.17) is 10.5 Å². The Hall–Kier alpha value is -0.590. The van der Waals surface area contributed by atoms with Gasteiger partial charge in [-0.15, -0.1) is 0 Å². The van der Waals surface area contributed by atoms with Crippen molar-refractivity contribution in [1.29, 1.82) is 0 Å². The Balaban J connectivity index is 1.75. The van der Waals surface area contributed by atoms with Crippen molar-refractivity contribution in [2.24, 2.45) is 0 Å². The zero-order valence-electron chi connectivity index (χ0n) is 11.8. The minimum atomic E-state index is -3.41. The largest absolute Gasteiger partial charge is 0.398 e. The number of sulfone groups is 1. The molecule has 3 rings (SSSR count). The lowest BCUT2D eigenvalue weighted by molar-refractivity contribution is -0.0272. The van der Waals surface area contributed by atoms with E-state index < -0.39 is 9.84 Å². The molecule has 21 heavy (non-hydrogen) atoms. The van der Waals surface area contributed by atoms with Crippen molar-refractivity contribution in [2.75, 3.05) is 11.5 Å². The average Bonchev–Trinajstić information content (AvgIpc) is 2.99. The van der Waals surface area contributed by atoms with E-state index >= 15 is 0 Å². The predicted octanol–water partition coefficient (Wildman–Crippen LogP) is 3.30. The number of benzene rings is 1. The van der Waals surface area contributed by atoms with Gasteiger partial charge < -0.3 is 10.5 Å². The summed E-state index contributed by atoms with van der Waals surface area (Å²) in [4.78, 5) is 0.210. The Labute approximate surface area is 134 Å². The molecular weight excluding hydrogens is 354 g/mol. The Morgan fingerprint density at radius 3 is 2.67 bits per heavy atom. The van der Waals surface area contributed by atoms with Crippen LogP contribution in [0.25, 0.3) is 0 Å². The molecule has 1 saturated heterocycles. The van der Waals surface area contributed by atoms with Gasteiger partial charge in [0.25, 0.3) is 0 Å². The molecule has 1 spiro atoms. The van der Waals surface area contributed by atoms with Gasteiger partial charge in [-0.05, 0) is 43.9 Å². The summed E-state index contributed by atoms with van der Waals surface area (Å²) >= 11 is 3.29. The van der Waals surface area contributed by atoms with Gasteiger partial charge in [-0.2, -0.15) is 0 Å². The molecular formula is C15H20BrNO3S. The molecule has 2 fully saturated rings. The first-order chi connectivity index (χ1) is 9.90. The first-order valence-electron chi connectivity index (χ1n) is 7.36. The van der Waals surface area contributed by atoms with Crippen molar-refractivity contribution in [1.82, 2.24) is 0 Å². The van der Waals surface area contributed by atoms with Crippen LogP contribution in [0, 0.1) is 0 Å². The van der Waals surface area contributed by atoms with E-state index in [1.807, 2.05) is 0 Å². The quantitative estimate of drug-likeness (QED) is 0.825. The summed E-state index contributed by atoms with van der Waals surface area (Å²) < 4.78 is 32.0. The number of nitrogens with two attached hydrogens (primary N) is 1. The first-order valence-corrected chi connectivity index (χ1v) is 9.80. The monoisotopic (exact) mass is 373 g/mol. The number of nitrogen functional groups attached to an aromatic ring is 1. The third-order valence-corrected chi connectivity index (χ3v) is 6.91. The third kappa shape index (κ3) is 3.12. The van der Waals surface area contributed by atoms with Gasteiger partial charge in [0.2, 0.25) is 0 Å². The maximum absolute atomic E-state index is 12.5. The van der Waals surface area contributed by atoms with Crippen LogP contribution in [-0.4, -0.2) is 25.9 Å². The Morgan fingerprint density at radius 1 is 1.29 bits per heavy atom. The molecule has 0 amide bonds. The number of rotatable bonds is 3. The zero-order valence-corrected chi connectivity index (χ0v) is 14.2. The molecule has 4 nitrogen and oxygen atoms in total. The van der Waals surface area contributed by atoms with Gasteiger partial charge in [0, 0.05) is 4.47 Å². The van der Waals surface area contributed by atoms with Crippen molar-refractivity contribution in [3.63, 3.8) is 0 Å². The molecule has 0 bridgehead atoms. The first kappa shape index (κ1) is 15.3. The standard InChI is InChI=1S/C15H20BrNO3S/c16-11-3-4-14(13(17)9-11)21(18,19)10-12-5-8-15(20-12)6-1-2-7-15/h3-4,9,12H,1-2,5-8,10,17H2. The highest BCUT2D eigenvalue weighted by atomic mass is 79.9. The fourth-order valence-electron chi connectivity index (χ4n) is 3.54. The molecule has 1 saturated carbocycles. The molecule has 1 aliphatic heterocycles. The van der Waals surface area contributed by atoms with Crippen LogP contribution < -0.4 is 5.73 Å². The third-order valence-electron chi connectivity index (χ3n) is 4.57. The molecule has 2 N–H and O–H groups in total. The maximum Gasteiger partial charge on any atom is 0.182 e. The zero-order chi connectivity index (χ0) is 15.1. The number of hydrogen-bond acceptors (Lipinski definition) is 4. The lowest BCUT2D eigenvalue weighted by Gasteiger charge is -2.23. The highest BCUT2D eigenvalue weighted by Gasteiger charge is 2.43. The Kier molecular flexibility index (Phi) is 4.05. The minimum Gasteiger partial charge on any atom is -0.398 e. The van der Waals surface area contributed by atoms with Gasteiger partial charge in [0.1, 0.15) is 0 Å². The van der Waals surface area contributed by atoms with Crippen LogP contribution in [0.5, 0.6) is 0 Å². The van der Waals surface area contributed by atoms with Crippen LogP contribution in [0.4, 0.5) is 5.69 Å². The van der Waals surface area contributed by atoms with E-state index in [1.54, 1.807) is 18.2 Å². The molecule has 0 radical (unpaired) electrons. The fourth-order valence-corrected chi connectivity index (χ4v) is 5.51. The van der Waals surface area contributed by atoms with Crippen molar-refractivity contribution in [2.45, 2.75) is 55.1 Å². The van der Waals surface area contributed by atoms with E-state index in [2.05, 4.69) is 15.9 Å². The average molecular weight is 374 g/mol. The lowest BCUT2D eigenvalue weighted by atomic mass is 9.98. The van der Waals surface area contributed by atoms with E-state index in [1.165, 1.54) is 12.8 Å². The van der Waals surface area contributed by atoms with Crippen LogP contribution in [0.2, 0.25) is 0 Å². The summed E-state index contributed by atoms with van der Waals surface area (Å²) in [6.45, 7) is 0. The van der Waals surface area contributed by atoms with Crippen molar-refractivity contribution >= 4 is 31.5 Å². The molecule has 116 valence electrons. The van der Waals surface area contributed by atoms with Gasteiger partial charge in [0.15, 0.2) is 9.84 Å². The van der Waals surface area contributed by atoms with Crippen LogP contribution in [-0.2, 0) is 14.6 Å². The van der Waals surface area contributed by atoms with Gasteiger partial charge in [-0.25, -0.2) is 8.42 Å². The molecule has 1 atom stereocenters. The van der Waals surface area contributed by atoms with Crippen LogP contribution >= 0.6 is 15.9 Å². The summed E-state index contributed by atoms with van der Waals surface area (Å²) in [5, 5.41) is 0. The number of hydrogen-bond donors (Lipinski definition) is 1. The second-order valence-corrected chi connectivity index (χ2v) is 9.05. The highest BCUT2D eigenvalue weighted by molar-refractivity contribution is 9.10. The van der Waals surface area contributed by atoms with Crippen molar-refractivity contribution in [3.05, 3.63) is 22.7 Å². The van der Waals surface area contributed by atoms with E-state index in [0.717, 1.165) is 30.2 Å². The molecule has 2 aliphatic rings. The predicted molar refractivity (Wildman–Crippen MR) is 85.9 cm³/mol. The molecule has 1 aliphatic carbocycles. The topological polar surface area (TPSA) is 69.4 Å². The van der Waals surface area contributed by atoms with Gasteiger partial charge in [-0.1, -0.05) is 28.8 Å². The van der Waals surface area contributed by atoms with Crippen LogP contribution in [0.15, 0.2) is 27.6 Å². The van der Waals surface area contributed by atoms with Crippen molar-refractivity contribution in [3.8, 4) is 0 Å². The lowest BCUT2D eigenvalue weighted by Crippen LogP contribution is -2.28. The summed E-state index contributed by atoms with van der Waals surface area (Å²) in [5.74, 6) is 0.0284. The molecule has 6 heteroatoms. The Morgan fingerprint density at radius 2 is 2.00 bits per heavy atom. The molecule has 1 aromatic rings. The number of halogens is 1. The molecule has 1 aromatic carbocycles. The number of anilines is 1. The van der Waals surface area contributed by atoms with Crippen molar-refractivity contribution < 1.29 is 13.2 Å². The van der Waals surface area contributed by atoms with E-state index in [0.29, 0.717) is 0 Å². The summed E-state index contributed by atoms with van der Waals surface area (Å²) in [7, 11) is -3.41. The molecule has 1 unspecified atom stereocenters. The van der Waals surface area contributed by atoms with Gasteiger partial charge in [0.05, 0.1) is 28.0 Å². The van der Waals surface area contributed by atoms with Crippen LogP contribution in [0.3, 0.4) is 0 Å². The van der Waals surface area contributed by atoms with E-state index in [9.17, 15) is 8.42 Å². The minimum absolute atomic E-state index is 0.0284. The summed E-state index contributed by atoms with van der Waals surface area (Å²) in [6, 6.07) is 4.90. The second kappa shape index (κ2) is 5.56. The van der Waals surface area contributed by atoms with Crippen LogP contribution in [0.1, 0.15) is 38.5 Å². The maximum atomic E-state index is 12.5. The fraction of sp³-hybridized carbons (Fsp3) is 0.600. The summed E-state index contributed by atoms with van der Waals surface area (Å²) in [5.41, 5.74) is 6.10. The Bertz CT molecular complexity index is 638. The second-order valence-electron chi connectivity index (χ2n) is 6.13. The SMILES string of the molecule is Nc1cc(Br)ccc1S(=O)(=O)CC1CCC2(CCCC2)O1.